The highest BCUT2D eigenvalue weighted by Crippen LogP contribution is 2.25. The zero-order chi connectivity index (χ0) is 17.1. The minimum Gasteiger partial charge on any atom is -0.328 e. The fourth-order valence-corrected chi connectivity index (χ4v) is 3.11. The van der Waals surface area contributed by atoms with Crippen LogP contribution in [-0.4, -0.2) is 40.6 Å². The first-order valence-corrected chi connectivity index (χ1v) is 8.76. The lowest BCUT2D eigenvalue weighted by atomic mass is 10.0. The monoisotopic (exact) mass is 326 g/mol. The Morgan fingerprint density at radius 3 is 2.71 bits per heavy atom. The van der Waals surface area contributed by atoms with Crippen molar-refractivity contribution in [3.63, 3.8) is 0 Å². The molecule has 1 unspecified atom stereocenters. The maximum atomic E-state index is 13.0. The van der Waals surface area contributed by atoms with Gasteiger partial charge < -0.3 is 10.2 Å². The smallest absolute Gasteiger partial charge is 0.274 e. The molecule has 1 aromatic heterocycles. The number of H-pyrrole nitrogens is 1. The van der Waals surface area contributed by atoms with Crippen LogP contribution in [0.1, 0.15) is 60.0 Å². The zero-order valence-electron chi connectivity index (χ0n) is 14.7. The Morgan fingerprint density at radius 2 is 2.08 bits per heavy atom. The van der Waals surface area contributed by atoms with Crippen LogP contribution in [-0.2, 0) is 6.42 Å². The molecule has 0 aliphatic carbocycles. The molecule has 0 spiro atoms. The summed E-state index contributed by atoms with van der Waals surface area (Å²) in [4.78, 5) is 14.9. The molecule has 24 heavy (non-hydrogen) atoms. The highest BCUT2D eigenvalue weighted by Gasteiger charge is 2.30. The van der Waals surface area contributed by atoms with E-state index < -0.39 is 0 Å². The van der Waals surface area contributed by atoms with Crippen LogP contribution in [0.3, 0.4) is 0 Å². The van der Waals surface area contributed by atoms with Gasteiger partial charge in [0.25, 0.3) is 5.91 Å². The second-order valence-electron chi connectivity index (χ2n) is 6.68. The summed E-state index contributed by atoms with van der Waals surface area (Å²) in [5.41, 5.74) is 4.00. The Bertz CT molecular complexity index is 690. The summed E-state index contributed by atoms with van der Waals surface area (Å²) in [5, 5.41) is 10.6. The first kappa shape index (κ1) is 16.7. The van der Waals surface area contributed by atoms with Gasteiger partial charge in [0.2, 0.25) is 0 Å². The molecule has 0 bridgehead atoms. The average molecular weight is 326 g/mol. The highest BCUT2D eigenvalue weighted by atomic mass is 16.2. The van der Waals surface area contributed by atoms with Crippen molar-refractivity contribution in [2.45, 2.75) is 39.2 Å². The van der Waals surface area contributed by atoms with E-state index in [9.17, 15) is 4.79 Å². The molecular formula is C19H26N4O. The summed E-state index contributed by atoms with van der Waals surface area (Å²) in [5.74, 6) is 0.337. The summed E-state index contributed by atoms with van der Waals surface area (Å²) >= 11 is 0. The van der Waals surface area contributed by atoms with Gasteiger partial charge in [-0.15, -0.1) is 0 Å². The molecule has 1 amide bonds. The van der Waals surface area contributed by atoms with E-state index >= 15 is 0 Å². The minimum atomic E-state index is 0.00391. The van der Waals surface area contributed by atoms with E-state index in [0.717, 1.165) is 25.2 Å². The van der Waals surface area contributed by atoms with Crippen molar-refractivity contribution in [1.82, 2.24) is 20.4 Å². The van der Waals surface area contributed by atoms with Gasteiger partial charge in [-0.3, -0.25) is 9.89 Å². The summed E-state index contributed by atoms with van der Waals surface area (Å²) in [6, 6.07) is 10.5. The van der Waals surface area contributed by atoms with Crippen LogP contribution in [0.15, 0.2) is 30.3 Å². The Balaban J connectivity index is 1.83. The van der Waals surface area contributed by atoms with E-state index in [1.807, 2.05) is 11.0 Å². The predicted octanol–water partition coefficient (Wildman–Crippen LogP) is 2.88. The number of aromatic nitrogens is 2. The topological polar surface area (TPSA) is 61.0 Å². The summed E-state index contributed by atoms with van der Waals surface area (Å²) in [7, 11) is 0. The fraction of sp³-hybridized carbons (Fsp3) is 0.474. The van der Waals surface area contributed by atoms with Gasteiger partial charge in [-0.25, -0.2) is 0 Å². The van der Waals surface area contributed by atoms with Gasteiger partial charge in [-0.05, 0) is 29.5 Å². The SMILES string of the molecule is CCc1ccc(C2CNCCN2C(=O)c2cc(C(C)C)[nH]n2)cc1. The van der Waals surface area contributed by atoms with E-state index in [4.69, 9.17) is 0 Å². The van der Waals surface area contributed by atoms with Crippen LogP contribution in [0.5, 0.6) is 0 Å². The van der Waals surface area contributed by atoms with Crippen molar-refractivity contribution in [2.75, 3.05) is 19.6 Å². The number of hydrogen-bond acceptors (Lipinski definition) is 3. The maximum Gasteiger partial charge on any atom is 0.274 e. The second-order valence-corrected chi connectivity index (χ2v) is 6.68. The molecular weight excluding hydrogens is 300 g/mol. The number of carbonyl (C=O) groups excluding carboxylic acids is 1. The number of benzene rings is 1. The standard InChI is InChI=1S/C19H26N4O/c1-4-14-5-7-15(8-6-14)18-12-20-9-10-23(18)19(24)17-11-16(13(2)3)21-22-17/h5-8,11,13,18,20H,4,9-10,12H2,1-3H3,(H,21,22). The van der Waals surface area contributed by atoms with E-state index in [2.05, 4.69) is 60.6 Å². The van der Waals surface area contributed by atoms with E-state index in [0.29, 0.717) is 18.2 Å². The largest absolute Gasteiger partial charge is 0.328 e. The summed E-state index contributed by atoms with van der Waals surface area (Å²) in [6.45, 7) is 8.62. The molecule has 128 valence electrons. The molecule has 1 fully saturated rings. The van der Waals surface area contributed by atoms with E-state index in [1.165, 1.54) is 11.1 Å². The molecule has 1 aliphatic rings. The molecule has 1 aliphatic heterocycles. The zero-order valence-corrected chi connectivity index (χ0v) is 14.7. The molecule has 0 saturated carbocycles. The van der Waals surface area contributed by atoms with Crippen LogP contribution in [0.4, 0.5) is 0 Å². The van der Waals surface area contributed by atoms with Crippen LogP contribution >= 0.6 is 0 Å². The van der Waals surface area contributed by atoms with Gasteiger partial charge in [0.1, 0.15) is 5.69 Å². The first-order valence-electron chi connectivity index (χ1n) is 8.76. The second kappa shape index (κ2) is 7.18. The molecule has 5 nitrogen and oxygen atoms in total. The number of amides is 1. The first-order chi connectivity index (χ1) is 11.6. The van der Waals surface area contributed by atoms with Gasteiger partial charge in [0.05, 0.1) is 6.04 Å². The number of nitrogens with one attached hydrogen (secondary N) is 2. The molecule has 1 aromatic carbocycles. The van der Waals surface area contributed by atoms with E-state index in [-0.39, 0.29) is 11.9 Å². The number of piperazine rings is 1. The number of aromatic amines is 1. The van der Waals surface area contributed by atoms with Crippen molar-refractivity contribution >= 4 is 5.91 Å². The highest BCUT2D eigenvalue weighted by molar-refractivity contribution is 5.92. The molecule has 1 saturated heterocycles. The van der Waals surface area contributed by atoms with Gasteiger partial charge in [0, 0.05) is 25.3 Å². The van der Waals surface area contributed by atoms with Gasteiger partial charge in [-0.2, -0.15) is 5.10 Å². The van der Waals surface area contributed by atoms with Gasteiger partial charge in [0.15, 0.2) is 0 Å². The van der Waals surface area contributed by atoms with Gasteiger partial charge >= 0.3 is 0 Å². The van der Waals surface area contributed by atoms with Crippen molar-refractivity contribution in [3.8, 4) is 0 Å². The third-order valence-electron chi connectivity index (χ3n) is 4.72. The van der Waals surface area contributed by atoms with E-state index in [1.54, 1.807) is 0 Å². The molecule has 5 heteroatoms. The average Bonchev–Trinajstić information content (AvgIpc) is 3.12. The van der Waals surface area contributed by atoms with Crippen molar-refractivity contribution < 1.29 is 4.79 Å². The number of hydrogen-bond donors (Lipinski definition) is 2. The number of nitrogens with zero attached hydrogens (tertiary/aromatic N) is 2. The van der Waals surface area contributed by atoms with Crippen molar-refractivity contribution in [3.05, 3.63) is 52.8 Å². The Morgan fingerprint density at radius 1 is 1.33 bits per heavy atom. The van der Waals surface area contributed by atoms with Crippen LogP contribution in [0, 0.1) is 0 Å². The third-order valence-corrected chi connectivity index (χ3v) is 4.72. The number of rotatable bonds is 4. The Kier molecular flexibility index (Phi) is 5.00. The molecule has 2 heterocycles. The Hall–Kier alpha value is -2.14. The number of carbonyl (C=O) groups is 1. The quantitative estimate of drug-likeness (QED) is 0.908. The normalized spacial score (nSPS) is 18.2. The fourth-order valence-electron chi connectivity index (χ4n) is 3.11. The molecule has 2 aromatic rings. The van der Waals surface area contributed by atoms with Gasteiger partial charge in [-0.1, -0.05) is 45.0 Å². The van der Waals surface area contributed by atoms with Crippen LogP contribution < -0.4 is 5.32 Å². The molecule has 1 atom stereocenters. The van der Waals surface area contributed by atoms with Crippen molar-refractivity contribution in [2.24, 2.45) is 0 Å². The third kappa shape index (κ3) is 3.36. The van der Waals surface area contributed by atoms with Crippen LogP contribution in [0.2, 0.25) is 0 Å². The van der Waals surface area contributed by atoms with Crippen LogP contribution in [0.25, 0.3) is 0 Å². The number of aryl methyl sites for hydroxylation is 1. The molecule has 0 radical (unpaired) electrons. The minimum absolute atomic E-state index is 0.00391. The molecule has 2 N–H and O–H groups in total. The predicted molar refractivity (Wildman–Crippen MR) is 95.1 cm³/mol. The lowest BCUT2D eigenvalue weighted by Crippen LogP contribution is -2.48. The maximum absolute atomic E-state index is 13.0. The molecule has 3 rings (SSSR count). The lowest BCUT2D eigenvalue weighted by molar-refractivity contribution is 0.0628. The Labute approximate surface area is 143 Å². The lowest BCUT2D eigenvalue weighted by Gasteiger charge is -2.36. The summed E-state index contributed by atoms with van der Waals surface area (Å²) < 4.78 is 0. The summed E-state index contributed by atoms with van der Waals surface area (Å²) in [6.07, 6.45) is 1.02. The van der Waals surface area contributed by atoms with Crippen molar-refractivity contribution in [1.29, 1.82) is 0 Å².